The van der Waals surface area contributed by atoms with Crippen LogP contribution in [0.4, 0.5) is 0 Å². The van der Waals surface area contributed by atoms with E-state index in [0.29, 0.717) is 0 Å². The third-order valence-electron chi connectivity index (χ3n) is 1.93. The summed E-state index contributed by atoms with van der Waals surface area (Å²) in [7, 11) is 0. The average Bonchev–Trinajstić information content (AvgIpc) is 2.82. The first-order chi connectivity index (χ1) is 6.15. The van der Waals surface area contributed by atoms with Gasteiger partial charge in [0.15, 0.2) is 0 Å². The van der Waals surface area contributed by atoms with Crippen molar-refractivity contribution in [3.8, 4) is 0 Å². The Morgan fingerprint density at radius 3 is 2.54 bits per heavy atom. The summed E-state index contributed by atoms with van der Waals surface area (Å²) in [6.07, 6.45) is 3.58. The fourth-order valence-corrected chi connectivity index (χ4v) is 1.19. The van der Waals surface area contributed by atoms with E-state index in [2.05, 4.69) is 6.58 Å². The van der Waals surface area contributed by atoms with Crippen LogP contribution in [-0.2, 0) is 9.59 Å². The van der Waals surface area contributed by atoms with Crippen molar-refractivity contribution in [3.05, 3.63) is 12.7 Å². The number of nitrogens with zero attached hydrogens (tertiary/aromatic N) is 1. The van der Waals surface area contributed by atoms with Gasteiger partial charge >= 0.3 is 5.97 Å². The van der Waals surface area contributed by atoms with Crippen LogP contribution < -0.4 is 0 Å². The lowest BCUT2D eigenvalue weighted by molar-refractivity contribution is -0.144. The molecule has 1 aliphatic rings. The highest BCUT2D eigenvalue weighted by Gasteiger charge is 2.32. The van der Waals surface area contributed by atoms with Gasteiger partial charge in [0.25, 0.3) is 0 Å². The summed E-state index contributed by atoms with van der Waals surface area (Å²) in [5.74, 6) is -1.09. The third-order valence-corrected chi connectivity index (χ3v) is 1.93. The van der Waals surface area contributed by atoms with Crippen LogP contribution in [0.15, 0.2) is 12.7 Å². The maximum atomic E-state index is 11.4. The van der Waals surface area contributed by atoms with Gasteiger partial charge in [0, 0.05) is 12.5 Å². The molecule has 0 aromatic heterocycles. The van der Waals surface area contributed by atoms with E-state index in [0.717, 1.165) is 12.8 Å². The molecule has 1 aliphatic carbocycles. The quantitative estimate of drug-likeness (QED) is 0.636. The molecule has 1 amide bonds. The normalized spacial score (nSPS) is 15.1. The van der Waals surface area contributed by atoms with Crippen molar-refractivity contribution in [1.82, 2.24) is 4.90 Å². The number of aliphatic carboxylic acids is 1. The first-order valence-corrected chi connectivity index (χ1v) is 4.27. The van der Waals surface area contributed by atoms with E-state index < -0.39 is 5.97 Å². The van der Waals surface area contributed by atoms with Gasteiger partial charge in [-0.25, -0.2) is 0 Å². The summed E-state index contributed by atoms with van der Waals surface area (Å²) in [6.45, 7) is 3.26. The van der Waals surface area contributed by atoms with Crippen LogP contribution >= 0.6 is 0 Å². The van der Waals surface area contributed by atoms with Crippen LogP contribution in [0.3, 0.4) is 0 Å². The molecule has 0 heterocycles. The molecule has 0 unspecified atom stereocenters. The van der Waals surface area contributed by atoms with E-state index in [-0.39, 0.29) is 24.9 Å². The molecule has 4 heteroatoms. The second-order valence-electron chi connectivity index (χ2n) is 3.14. The summed E-state index contributed by atoms with van der Waals surface area (Å²) in [4.78, 5) is 23.2. The van der Waals surface area contributed by atoms with E-state index in [1.807, 2.05) is 0 Å². The Balaban J connectivity index is 2.50. The number of carboxylic acid groups (broad SMARTS) is 1. The molecule has 0 bridgehead atoms. The molecule has 0 radical (unpaired) electrons. The number of hydrogen-bond donors (Lipinski definition) is 1. The monoisotopic (exact) mass is 183 g/mol. The number of rotatable bonds is 5. The van der Waals surface area contributed by atoms with Crippen LogP contribution in [0.25, 0.3) is 0 Å². The Morgan fingerprint density at radius 1 is 1.54 bits per heavy atom. The molecular weight excluding hydrogens is 170 g/mol. The Hall–Kier alpha value is -1.32. The Kier molecular flexibility index (Phi) is 3.06. The highest BCUT2D eigenvalue weighted by molar-refractivity contribution is 5.82. The molecule has 0 aliphatic heterocycles. The molecule has 1 saturated carbocycles. The largest absolute Gasteiger partial charge is 0.480 e. The fraction of sp³-hybridized carbons (Fsp3) is 0.556. The summed E-state index contributed by atoms with van der Waals surface area (Å²) in [5, 5.41) is 8.56. The molecule has 0 aromatic carbocycles. The van der Waals surface area contributed by atoms with E-state index >= 15 is 0 Å². The van der Waals surface area contributed by atoms with Crippen LogP contribution in [0.2, 0.25) is 0 Å². The summed E-state index contributed by atoms with van der Waals surface area (Å²) < 4.78 is 0. The zero-order valence-electron chi connectivity index (χ0n) is 7.40. The van der Waals surface area contributed by atoms with Gasteiger partial charge in [0.2, 0.25) is 5.91 Å². The van der Waals surface area contributed by atoms with Crippen LogP contribution in [0.5, 0.6) is 0 Å². The van der Waals surface area contributed by atoms with Crippen molar-refractivity contribution < 1.29 is 14.7 Å². The lowest BCUT2D eigenvalue weighted by atomic mass is 10.3. The number of hydrogen-bond acceptors (Lipinski definition) is 2. The van der Waals surface area contributed by atoms with Crippen molar-refractivity contribution >= 4 is 11.9 Å². The average molecular weight is 183 g/mol. The molecule has 13 heavy (non-hydrogen) atoms. The lowest BCUT2D eigenvalue weighted by Gasteiger charge is -2.19. The predicted molar refractivity (Wildman–Crippen MR) is 47.2 cm³/mol. The minimum Gasteiger partial charge on any atom is -0.480 e. The second-order valence-corrected chi connectivity index (χ2v) is 3.14. The Bertz CT molecular complexity index is 233. The lowest BCUT2D eigenvalue weighted by Crippen LogP contribution is -2.37. The number of carboxylic acids is 1. The molecule has 0 saturated heterocycles. The molecule has 4 nitrogen and oxygen atoms in total. The van der Waals surface area contributed by atoms with Gasteiger partial charge in [-0.1, -0.05) is 6.08 Å². The number of carbonyl (C=O) groups excluding carboxylic acids is 1. The minimum atomic E-state index is -0.954. The van der Waals surface area contributed by atoms with Crippen molar-refractivity contribution in [2.75, 3.05) is 6.54 Å². The maximum Gasteiger partial charge on any atom is 0.323 e. The fourth-order valence-electron chi connectivity index (χ4n) is 1.19. The van der Waals surface area contributed by atoms with Gasteiger partial charge in [0.05, 0.1) is 0 Å². The molecule has 0 spiro atoms. The molecule has 72 valence electrons. The predicted octanol–water partition coefficient (Wildman–Crippen LogP) is 0.638. The second kappa shape index (κ2) is 4.07. The first kappa shape index (κ1) is 9.77. The molecule has 1 rings (SSSR count). The minimum absolute atomic E-state index is 0.139. The topological polar surface area (TPSA) is 57.6 Å². The highest BCUT2D eigenvalue weighted by atomic mass is 16.4. The van der Waals surface area contributed by atoms with Crippen LogP contribution in [0.1, 0.15) is 19.3 Å². The smallest absolute Gasteiger partial charge is 0.323 e. The van der Waals surface area contributed by atoms with Crippen molar-refractivity contribution in [3.63, 3.8) is 0 Å². The van der Waals surface area contributed by atoms with Gasteiger partial charge in [-0.15, -0.1) is 6.58 Å². The number of carbonyl (C=O) groups is 2. The van der Waals surface area contributed by atoms with E-state index in [1.165, 1.54) is 11.0 Å². The van der Waals surface area contributed by atoms with Crippen LogP contribution in [0, 0.1) is 0 Å². The summed E-state index contributed by atoms with van der Waals surface area (Å²) in [5.41, 5.74) is 0. The Morgan fingerprint density at radius 2 is 2.15 bits per heavy atom. The van der Waals surface area contributed by atoms with Gasteiger partial charge in [0.1, 0.15) is 6.54 Å². The van der Waals surface area contributed by atoms with Gasteiger partial charge in [-0.3, -0.25) is 9.59 Å². The van der Waals surface area contributed by atoms with Crippen molar-refractivity contribution in [2.45, 2.75) is 25.3 Å². The summed E-state index contributed by atoms with van der Waals surface area (Å²) in [6, 6.07) is 0.156. The standard InChI is InChI=1S/C9H13NO3/c1-2-3-8(11)10(6-9(12)13)7-4-5-7/h2,7H,1,3-6H2,(H,12,13). The maximum absolute atomic E-state index is 11.4. The highest BCUT2D eigenvalue weighted by Crippen LogP contribution is 2.27. The molecule has 1 fully saturated rings. The number of amides is 1. The summed E-state index contributed by atoms with van der Waals surface area (Å²) >= 11 is 0. The van der Waals surface area contributed by atoms with E-state index in [4.69, 9.17) is 5.11 Å². The zero-order chi connectivity index (χ0) is 9.84. The van der Waals surface area contributed by atoms with Crippen molar-refractivity contribution in [2.24, 2.45) is 0 Å². The molecule has 0 aromatic rings. The zero-order valence-corrected chi connectivity index (χ0v) is 7.40. The Labute approximate surface area is 76.8 Å². The van der Waals surface area contributed by atoms with Gasteiger partial charge in [-0.2, -0.15) is 0 Å². The first-order valence-electron chi connectivity index (χ1n) is 4.27. The molecular formula is C9H13NO3. The third kappa shape index (κ3) is 2.89. The van der Waals surface area contributed by atoms with Gasteiger partial charge in [-0.05, 0) is 12.8 Å². The molecule has 0 atom stereocenters. The van der Waals surface area contributed by atoms with E-state index in [9.17, 15) is 9.59 Å². The SMILES string of the molecule is C=CCC(=O)N(CC(=O)O)C1CC1. The van der Waals surface area contributed by atoms with Crippen molar-refractivity contribution in [1.29, 1.82) is 0 Å². The van der Waals surface area contributed by atoms with Gasteiger partial charge < -0.3 is 10.0 Å². The molecule has 1 N–H and O–H groups in total. The van der Waals surface area contributed by atoms with Crippen LogP contribution in [-0.4, -0.2) is 34.5 Å². The van der Waals surface area contributed by atoms with E-state index in [1.54, 1.807) is 0 Å².